The molecule has 1 aromatic heterocycles. The first kappa shape index (κ1) is 14.0. The van der Waals surface area contributed by atoms with Gasteiger partial charge in [0, 0.05) is 27.7 Å². The number of ether oxygens (including phenoxy) is 1. The molecule has 0 aliphatic rings. The number of halogens is 1. The van der Waals surface area contributed by atoms with E-state index in [2.05, 4.69) is 27.0 Å². The molecule has 0 atom stereocenters. The lowest BCUT2D eigenvalue weighted by Crippen LogP contribution is -2.01. The number of rotatable bonds is 3. The van der Waals surface area contributed by atoms with Gasteiger partial charge in [-0.1, -0.05) is 40.2 Å². The summed E-state index contributed by atoms with van der Waals surface area (Å²) in [5.74, 6) is 1.49. The van der Waals surface area contributed by atoms with Crippen LogP contribution in [0.5, 0.6) is 11.5 Å². The normalized spacial score (nSPS) is 10.8. The fourth-order valence-corrected chi connectivity index (χ4v) is 2.76. The lowest BCUT2D eigenvalue weighted by Gasteiger charge is -2.13. The summed E-state index contributed by atoms with van der Waals surface area (Å²) in [5, 5.41) is 1.06. The van der Waals surface area contributed by atoms with E-state index in [0.29, 0.717) is 6.54 Å². The van der Waals surface area contributed by atoms with Crippen LogP contribution >= 0.6 is 15.9 Å². The highest BCUT2D eigenvalue weighted by Gasteiger charge is 2.10. The second-order valence-corrected chi connectivity index (χ2v) is 5.66. The van der Waals surface area contributed by atoms with E-state index in [9.17, 15) is 0 Å². The van der Waals surface area contributed by atoms with Crippen molar-refractivity contribution in [2.75, 3.05) is 0 Å². The van der Waals surface area contributed by atoms with Crippen molar-refractivity contribution >= 4 is 26.8 Å². The Bertz CT molecular complexity index is 802. The minimum Gasteiger partial charge on any atom is -0.455 e. The van der Waals surface area contributed by atoms with Crippen molar-refractivity contribution in [3.05, 3.63) is 64.3 Å². The molecule has 1 heterocycles. The summed E-state index contributed by atoms with van der Waals surface area (Å²) in [6.07, 6.45) is 0. The summed E-state index contributed by atoms with van der Waals surface area (Å²) in [5.41, 5.74) is 8.59. The van der Waals surface area contributed by atoms with E-state index in [1.165, 1.54) is 0 Å². The Morgan fingerprint density at radius 1 is 1.05 bits per heavy atom. The van der Waals surface area contributed by atoms with Gasteiger partial charge in [-0.25, -0.2) is 4.98 Å². The number of hydrogen-bond donors (Lipinski definition) is 1. The van der Waals surface area contributed by atoms with E-state index < -0.39 is 0 Å². The molecule has 2 N–H and O–H groups in total. The second kappa shape index (κ2) is 5.84. The molecule has 4 heteroatoms. The molecule has 3 rings (SSSR count). The van der Waals surface area contributed by atoms with E-state index in [1.54, 1.807) is 0 Å². The fraction of sp³-hybridized carbons (Fsp3) is 0.118. The maximum atomic E-state index is 6.08. The molecule has 0 saturated heterocycles. The Morgan fingerprint density at radius 3 is 2.62 bits per heavy atom. The van der Waals surface area contributed by atoms with Crippen molar-refractivity contribution in [2.24, 2.45) is 5.73 Å². The van der Waals surface area contributed by atoms with Gasteiger partial charge in [-0.3, -0.25) is 0 Å². The zero-order valence-electron chi connectivity index (χ0n) is 11.6. The molecule has 0 bridgehead atoms. The molecule has 0 fully saturated rings. The van der Waals surface area contributed by atoms with Crippen LogP contribution in [0.25, 0.3) is 10.9 Å². The van der Waals surface area contributed by atoms with Crippen LogP contribution in [0.1, 0.15) is 11.3 Å². The van der Waals surface area contributed by atoms with Crippen LogP contribution in [0.3, 0.4) is 0 Å². The highest BCUT2D eigenvalue weighted by Crippen LogP contribution is 2.33. The van der Waals surface area contributed by atoms with E-state index >= 15 is 0 Å². The Labute approximate surface area is 131 Å². The van der Waals surface area contributed by atoms with Crippen LogP contribution in [0.4, 0.5) is 0 Å². The molecule has 0 radical (unpaired) electrons. The molecule has 0 spiro atoms. The number of benzene rings is 2. The van der Waals surface area contributed by atoms with Crippen molar-refractivity contribution in [3.63, 3.8) is 0 Å². The monoisotopic (exact) mass is 342 g/mol. The lowest BCUT2D eigenvalue weighted by molar-refractivity contribution is 0.480. The zero-order valence-corrected chi connectivity index (χ0v) is 13.2. The second-order valence-electron chi connectivity index (χ2n) is 4.80. The van der Waals surface area contributed by atoms with Crippen LogP contribution in [0, 0.1) is 6.92 Å². The number of nitrogens with zero attached hydrogens (tertiary/aromatic N) is 1. The Morgan fingerprint density at radius 2 is 1.81 bits per heavy atom. The molecule has 0 saturated carbocycles. The SMILES string of the molecule is Cc1ccc2cccc(Oc3cccc(Br)c3CN)c2n1. The summed E-state index contributed by atoms with van der Waals surface area (Å²) in [6, 6.07) is 15.8. The lowest BCUT2D eigenvalue weighted by atomic mass is 10.1. The summed E-state index contributed by atoms with van der Waals surface area (Å²) < 4.78 is 7.03. The number of fused-ring (bicyclic) bond motifs is 1. The maximum Gasteiger partial charge on any atom is 0.153 e. The molecule has 0 unspecified atom stereocenters. The van der Waals surface area contributed by atoms with Gasteiger partial charge < -0.3 is 10.5 Å². The van der Waals surface area contributed by atoms with Gasteiger partial charge in [0.15, 0.2) is 5.75 Å². The van der Waals surface area contributed by atoms with Gasteiger partial charge in [0.05, 0.1) is 0 Å². The smallest absolute Gasteiger partial charge is 0.153 e. The standard InChI is InChI=1S/C17H15BrN2O/c1-11-8-9-12-4-2-7-16(17(12)20-11)21-15-6-3-5-14(18)13(15)10-19/h2-9H,10,19H2,1H3. The van der Waals surface area contributed by atoms with E-state index in [4.69, 9.17) is 10.5 Å². The van der Waals surface area contributed by atoms with Crippen molar-refractivity contribution in [1.29, 1.82) is 0 Å². The molecular formula is C17H15BrN2O. The first-order valence-electron chi connectivity index (χ1n) is 6.70. The van der Waals surface area contributed by atoms with Crippen molar-refractivity contribution in [3.8, 4) is 11.5 Å². The molecule has 3 nitrogen and oxygen atoms in total. The minimum absolute atomic E-state index is 0.411. The predicted molar refractivity (Wildman–Crippen MR) is 88.6 cm³/mol. The first-order chi connectivity index (χ1) is 10.2. The number of hydrogen-bond acceptors (Lipinski definition) is 3. The van der Waals surface area contributed by atoms with Crippen LogP contribution in [-0.2, 0) is 6.54 Å². The van der Waals surface area contributed by atoms with Gasteiger partial charge in [-0.15, -0.1) is 0 Å². The number of para-hydroxylation sites is 1. The van der Waals surface area contributed by atoms with E-state index in [0.717, 1.165) is 38.1 Å². The van der Waals surface area contributed by atoms with Crippen LogP contribution in [0.2, 0.25) is 0 Å². The molecule has 21 heavy (non-hydrogen) atoms. The van der Waals surface area contributed by atoms with Crippen molar-refractivity contribution in [1.82, 2.24) is 4.98 Å². The Balaban J connectivity index is 2.10. The molecule has 0 aliphatic heterocycles. The molecule has 0 amide bonds. The first-order valence-corrected chi connectivity index (χ1v) is 7.50. The van der Waals surface area contributed by atoms with Gasteiger partial charge in [0.1, 0.15) is 11.3 Å². The summed E-state index contributed by atoms with van der Waals surface area (Å²) >= 11 is 3.51. The molecular weight excluding hydrogens is 328 g/mol. The third kappa shape index (κ3) is 2.77. The van der Waals surface area contributed by atoms with E-state index in [-0.39, 0.29) is 0 Å². The predicted octanol–water partition coefficient (Wildman–Crippen LogP) is 4.56. The van der Waals surface area contributed by atoms with Crippen LogP contribution in [0.15, 0.2) is 53.0 Å². The van der Waals surface area contributed by atoms with Crippen LogP contribution in [-0.4, -0.2) is 4.98 Å². The minimum atomic E-state index is 0.411. The third-order valence-corrected chi connectivity index (χ3v) is 4.07. The van der Waals surface area contributed by atoms with Crippen molar-refractivity contribution < 1.29 is 4.74 Å². The highest BCUT2D eigenvalue weighted by molar-refractivity contribution is 9.10. The highest BCUT2D eigenvalue weighted by atomic mass is 79.9. The van der Waals surface area contributed by atoms with Gasteiger partial charge >= 0.3 is 0 Å². The molecule has 2 aromatic carbocycles. The molecule has 106 valence electrons. The average molecular weight is 343 g/mol. The molecule has 3 aromatic rings. The quantitative estimate of drug-likeness (QED) is 0.759. The number of aryl methyl sites for hydroxylation is 1. The van der Waals surface area contributed by atoms with Crippen molar-refractivity contribution in [2.45, 2.75) is 13.5 Å². The number of nitrogens with two attached hydrogens (primary N) is 1. The summed E-state index contributed by atoms with van der Waals surface area (Å²) in [6.45, 7) is 2.38. The Hall–Kier alpha value is -1.91. The third-order valence-electron chi connectivity index (χ3n) is 3.32. The van der Waals surface area contributed by atoms with Gasteiger partial charge in [-0.2, -0.15) is 0 Å². The Kier molecular flexibility index (Phi) is 3.90. The number of aromatic nitrogens is 1. The number of pyridine rings is 1. The fourth-order valence-electron chi connectivity index (χ4n) is 2.25. The topological polar surface area (TPSA) is 48.1 Å². The average Bonchev–Trinajstić information content (AvgIpc) is 2.48. The zero-order chi connectivity index (χ0) is 14.8. The van der Waals surface area contributed by atoms with E-state index in [1.807, 2.05) is 49.4 Å². The summed E-state index contributed by atoms with van der Waals surface area (Å²) in [4.78, 5) is 4.58. The molecule has 0 aliphatic carbocycles. The van der Waals surface area contributed by atoms with Gasteiger partial charge in [-0.05, 0) is 31.2 Å². The maximum absolute atomic E-state index is 6.08. The largest absolute Gasteiger partial charge is 0.455 e. The van der Waals surface area contributed by atoms with Gasteiger partial charge in [0.25, 0.3) is 0 Å². The van der Waals surface area contributed by atoms with Gasteiger partial charge in [0.2, 0.25) is 0 Å². The summed E-state index contributed by atoms with van der Waals surface area (Å²) in [7, 11) is 0. The van der Waals surface area contributed by atoms with Crippen LogP contribution < -0.4 is 10.5 Å².